The molecular formula is C15H30N6. The molecule has 0 aliphatic heterocycles. The number of nitrogens with zero attached hydrogens (tertiary/aromatic N) is 4. The Labute approximate surface area is 128 Å². The first-order chi connectivity index (χ1) is 10.2. The van der Waals surface area contributed by atoms with Crippen molar-refractivity contribution in [1.29, 1.82) is 0 Å². The third kappa shape index (κ3) is 6.60. The minimum atomic E-state index is 0.289. The summed E-state index contributed by atoms with van der Waals surface area (Å²) < 4.78 is 0. The summed E-state index contributed by atoms with van der Waals surface area (Å²) in [6.45, 7) is 9.34. The zero-order chi connectivity index (χ0) is 15.5. The normalized spacial score (nSPS) is 10.6. The van der Waals surface area contributed by atoms with Crippen molar-refractivity contribution in [1.82, 2.24) is 15.0 Å². The third-order valence-electron chi connectivity index (χ3n) is 3.30. The van der Waals surface area contributed by atoms with Crippen LogP contribution in [-0.2, 0) is 0 Å². The Balaban J connectivity index is 2.79. The van der Waals surface area contributed by atoms with E-state index in [0.29, 0.717) is 11.9 Å². The third-order valence-corrected chi connectivity index (χ3v) is 3.30. The smallest absolute Gasteiger partial charge is 0.231 e. The highest BCUT2D eigenvalue weighted by molar-refractivity contribution is 5.41. The first-order valence-electron chi connectivity index (χ1n) is 8.21. The number of nitrogens with one attached hydrogen (secondary N) is 1. The number of unbranched alkanes of at least 4 members (excludes halogenated alkanes) is 3. The van der Waals surface area contributed by atoms with Crippen molar-refractivity contribution in [3.05, 3.63) is 0 Å². The Bertz CT molecular complexity index is 388. The van der Waals surface area contributed by atoms with E-state index in [9.17, 15) is 0 Å². The lowest BCUT2D eigenvalue weighted by Gasteiger charge is -2.22. The molecule has 21 heavy (non-hydrogen) atoms. The van der Waals surface area contributed by atoms with Crippen LogP contribution in [0, 0.1) is 0 Å². The number of hydrogen-bond acceptors (Lipinski definition) is 6. The largest absolute Gasteiger partial charge is 0.368 e. The summed E-state index contributed by atoms with van der Waals surface area (Å²) in [6.07, 6.45) is 6.81. The second-order valence-electron chi connectivity index (χ2n) is 5.29. The maximum Gasteiger partial charge on any atom is 0.231 e. The Hall–Kier alpha value is -1.59. The average molecular weight is 294 g/mol. The van der Waals surface area contributed by atoms with Crippen LogP contribution in [0.5, 0.6) is 0 Å². The fourth-order valence-corrected chi connectivity index (χ4v) is 1.99. The topological polar surface area (TPSA) is 80.0 Å². The molecule has 0 amide bonds. The van der Waals surface area contributed by atoms with Gasteiger partial charge in [0.15, 0.2) is 0 Å². The molecule has 1 heterocycles. The number of anilines is 3. The molecule has 1 aromatic rings. The molecule has 0 unspecified atom stereocenters. The summed E-state index contributed by atoms with van der Waals surface area (Å²) in [5.74, 6) is 1.57. The zero-order valence-electron chi connectivity index (χ0n) is 13.7. The monoisotopic (exact) mass is 294 g/mol. The van der Waals surface area contributed by atoms with E-state index in [1.807, 2.05) is 0 Å². The van der Waals surface area contributed by atoms with Crippen molar-refractivity contribution >= 4 is 17.8 Å². The van der Waals surface area contributed by atoms with Gasteiger partial charge in [-0.05, 0) is 19.3 Å². The van der Waals surface area contributed by atoms with Crippen LogP contribution < -0.4 is 16.0 Å². The van der Waals surface area contributed by atoms with E-state index in [1.165, 1.54) is 0 Å². The van der Waals surface area contributed by atoms with Gasteiger partial charge in [-0.2, -0.15) is 15.0 Å². The van der Waals surface area contributed by atoms with Crippen LogP contribution in [0.1, 0.15) is 59.3 Å². The Morgan fingerprint density at radius 2 is 1.52 bits per heavy atom. The molecule has 0 saturated heterocycles. The molecule has 1 aromatic heterocycles. The standard InChI is InChI=1S/C15H30N6/c1-4-7-10-17-14-18-13(16)19-15(20-14)21(11-8-5-2)12-9-6-3/h4-12H2,1-3H3,(H3,16,17,18,19,20). The van der Waals surface area contributed by atoms with Crippen LogP contribution in [0.25, 0.3) is 0 Å². The van der Waals surface area contributed by atoms with E-state index < -0.39 is 0 Å². The quantitative estimate of drug-likeness (QED) is 0.611. The highest BCUT2D eigenvalue weighted by Crippen LogP contribution is 2.14. The van der Waals surface area contributed by atoms with Crippen LogP contribution in [0.4, 0.5) is 17.8 Å². The van der Waals surface area contributed by atoms with Gasteiger partial charge in [-0.3, -0.25) is 0 Å². The van der Waals surface area contributed by atoms with Crippen LogP contribution >= 0.6 is 0 Å². The second kappa shape index (κ2) is 10.2. The predicted octanol–water partition coefficient (Wildman–Crippen LogP) is 3.07. The van der Waals surface area contributed by atoms with Crippen LogP contribution in [0.2, 0.25) is 0 Å². The van der Waals surface area contributed by atoms with Gasteiger partial charge in [0.1, 0.15) is 0 Å². The van der Waals surface area contributed by atoms with Crippen molar-refractivity contribution in [2.45, 2.75) is 59.3 Å². The highest BCUT2D eigenvalue weighted by Gasteiger charge is 2.12. The van der Waals surface area contributed by atoms with E-state index in [1.54, 1.807) is 0 Å². The van der Waals surface area contributed by atoms with E-state index in [4.69, 9.17) is 5.73 Å². The molecule has 0 radical (unpaired) electrons. The van der Waals surface area contributed by atoms with Gasteiger partial charge in [0.25, 0.3) is 0 Å². The lowest BCUT2D eigenvalue weighted by Crippen LogP contribution is -2.28. The molecule has 0 aromatic carbocycles. The fraction of sp³-hybridized carbons (Fsp3) is 0.800. The van der Waals surface area contributed by atoms with Gasteiger partial charge < -0.3 is 16.0 Å². The first kappa shape index (κ1) is 17.5. The van der Waals surface area contributed by atoms with Gasteiger partial charge >= 0.3 is 0 Å². The molecule has 0 bridgehead atoms. The molecule has 0 fully saturated rings. The van der Waals surface area contributed by atoms with Gasteiger partial charge in [-0.1, -0.05) is 40.0 Å². The molecule has 0 spiro atoms. The maximum atomic E-state index is 5.83. The molecule has 0 aliphatic carbocycles. The SMILES string of the molecule is CCCCNc1nc(N)nc(N(CCCC)CCCC)n1. The summed E-state index contributed by atoms with van der Waals surface area (Å²) in [7, 11) is 0. The number of nitrogen functional groups attached to an aromatic ring is 1. The average Bonchev–Trinajstić information content (AvgIpc) is 2.47. The zero-order valence-corrected chi connectivity index (χ0v) is 13.7. The Kier molecular flexibility index (Phi) is 8.47. The molecule has 6 nitrogen and oxygen atoms in total. The molecule has 6 heteroatoms. The van der Waals surface area contributed by atoms with Crippen molar-refractivity contribution < 1.29 is 0 Å². The number of rotatable bonds is 11. The molecule has 0 atom stereocenters. The molecule has 1 rings (SSSR count). The van der Waals surface area contributed by atoms with Crippen molar-refractivity contribution in [2.75, 3.05) is 35.6 Å². The van der Waals surface area contributed by atoms with Gasteiger partial charge in [0, 0.05) is 19.6 Å². The van der Waals surface area contributed by atoms with Crippen molar-refractivity contribution in [3.63, 3.8) is 0 Å². The lowest BCUT2D eigenvalue weighted by molar-refractivity contribution is 0.662. The molecule has 120 valence electrons. The molecular weight excluding hydrogens is 264 g/mol. The van der Waals surface area contributed by atoms with E-state index in [0.717, 1.165) is 58.2 Å². The summed E-state index contributed by atoms with van der Waals surface area (Å²) in [5.41, 5.74) is 5.83. The highest BCUT2D eigenvalue weighted by atomic mass is 15.3. The molecule has 0 saturated carbocycles. The lowest BCUT2D eigenvalue weighted by atomic mass is 10.3. The second-order valence-corrected chi connectivity index (χ2v) is 5.29. The Morgan fingerprint density at radius 3 is 2.10 bits per heavy atom. The summed E-state index contributed by atoms with van der Waals surface area (Å²) >= 11 is 0. The first-order valence-corrected chi connectivity index (χ1v) is 8.21. The van der Waals surface area contributed by atoms with E-state index >= 15 is 0 Å². The minimum absolute atomic E-state index is 0.289. The molecule has 0 aliphatic rings. The van der Waals surface area contributed by atoms with Crippen molar-refractivity contribution in [2.24, 2.45) is 0 Å². The van der Waals surface area contributed by atoms with Crippen LogP contribution in [0.15, 0.2) is 0 Å². The van der Waals surface area contributed by atoms with Gasteiger partial charge in [0.2, 0.25) is 17.8 Å². The van der Waals surface area contributed by atoms with E-state index in [-0.39, 0.29) is 5.95 Å². The number of nitrogens with two attached hydrogens (primary N) is 1. The summed E-state index contributed by atoms with van der Waals surface area (Å²) in [5, 5.41) is 3.22. The molecule has 3 N–H and O–H groups in total. The minimum Gasteiger partial charge on any atom is -0.368 e. The maximum absolute atomic E-state index is 5.83. The summed E-state index contributed by atoms with van der Waals surface area (Å²) in [4.78, 5) is 15.2. The van der Waals surface area contributed by atoms with Crippen molar-refractivity contribution in [3.8, 4) is 0 Å². The predicted molar refractivity (Wildman–Crippen MR) is 89.7 cm³/mol. The summed E-state index contributed by atoms with van der Waals surface area (Å²) in [6, 6.07) is 0. The van der Waals surface area contributed by atoms with Gasteiger partial charge in [0.05, 0.1) is 0 Å². The number of hydrogen-bond donors (Lipinski definition) is 2. The fourth-order valence-electron chi connectivity index (χ4n) is 1.99. The van der Waals surface area contributed by atoms with Crippen LogP contribution in [-0.4, -0.2) is 34.6 Å². The van der Waals surface area contributed by atoms with Gasteiger partial charge in [-0.15, -0.1) is 0 Å². The number of aromatic nitrogens is 3. The Morgan fingerprint density at radius 1 is 0.905 bits per heavy atom. The van der Waals surface area contributed by atoms with Crippen LogP contribution in [0.3, 0.4) is 0 Å². The van der Waals surface area contributed by atoms with Gasteiger partial charge in [-0.25, -0.2) is 0 Å². The van der Waals surface area contributed by atoms with E-state index in [2.05, 4.69) is 45.9 Å².